The molecule has 2 bridgehead atoms. The van der Waals surface area contributed by atoms with Crippen molar-refractivity contribution in [3.8, 4) is 0 Å². The van der Waals surface area contributed by atoms with Gasteiger partial charge in [0.05, 0.1) is 24.2 Å². The topological polar surface area (TPSA) is 121 Å². The van der Waals surface area contributed by atoms with E-state index in [0.717, 1.165) is 18.4 Å². The van der Waals surface area contributed by atoms with Crippen molar-refractivity contribution in [2.75, 3.05) is 6.61 Å². The van der Waals surface area contributed by atoms with E-state index in [4.69, 9.17) is 23.7 Å². The third-order valence-electron chi connectivity index (χ3n) is 12.1. The first kappa shape index (κ1) is 37.9. The van der Waals surface area contributed by atoms with Gasteiger partial charge in [-0.2, -0.15) is 0 Å². The number of ether oxygens (including phenoxy) is 5. The van der Waals surface area contributed by atoms with Crippen LogP contribution >= 0.6 is 0 Å². The molecule has 12 atom stereocenters. The number of hydrogen-bond donors (Lipinski definition) is 2. The number of rotatable bonds is 5. The van der Waals surface area contributed by atoms with Gasteiger partial charge in [0, 0.05) is 25.2 Å². The van der Waals surface area contributed by atoms with Gasteiger partial charge in [-0.3, -0.25) is 9.59 Å². The summed E-state index contributed by atoms with van der Waals surface area (Å²) in [7, 11) is 0. The highest BCUT2D eigenvalue weighted by Gasteiger charge is 2.60. The molecule has 4 heterocycles. The Bertz CT molecular complexity index is 1360. The Hall–Kier alpha value is -2.30. The third-order valence-corrected chi connectivity index (χ3v) is 12.1. The molecule has 1 spiro atoms. The average molecular weight is 685 g/mol. The Morgan fingerprint density at radius 1 is 1.14 bits per heavy atom. The van der Waals surface area contributed by atoms with Crippen LogP contribution in [0.15, 0.2) is 47.1 Å². The SMILES string of the molecule is CCC(C)[C@H]1OC2(CC[C@@H]1C)C[C@@H]1C[C@@H](C/C=C(\C)[C@@H](OC(=O)C(C)(C)CC)[C@@H](C)/C=C/C=C3\CO[C@@H]4[C@H](O)C(C)=C[C@@H](C(=O)O1)[C@]34O)O2. The van der Waals surface area contributed by atoms with E-state index in [0.29, 0.717) is 55.1 Å². The average Bonchev–Trinajstić information content (AvgIpc) is 3.40. The van der Waals surface area contributed by atoms with Crippen LogP contribution in [0.25, 0.3) is 0 Å². The van der Waals surface area contributed by atoms with Gasteiger partial charge in [0.25, 0.3) is 0 Å². The maximum Gasteiger partial charge on any atom is 0.316 e. The summed E-state index contributed by atoms with van der Waals surface area (Å²) in [6.07, 6.45) is 10.4. The molecular weight excluding hydrogens is 624 g/mol. The summed E-state index contributed by atoms with van der Waals surface area (Å²) in [5, 5.41) is 23.4. The van der Waals surface area contributed by atoms with Gasteiger partial charge in [0.15, 0.2) is 5.79 Å². The van der Waals surface area contributed by atoms with Crippen LogP contribution in [0.5, 0.6) is 0 Å². The van der Waals surface area contributed by atoms with E-state index in [9.17, 15) is 19.8 Å². The number of hydrogen-bond acceptors (Lipinski definition) is 9. The number of esters is 2. The van der Waals surface area contributed by atoms with Crippen LogP contribution in [-0.4, -0.2) is 76.8 Å². The Morgan fingerprint density at radius 2 is 1.88 bits per heavy atom. The normalized spacial score (nSPS) is 43.6. The molecular formula is C40H60O9. The molecule has 1 aliphatic carbocycles. The predicted molar refractivity (Wildman–Crippen MR) is 186 cm³/mol. The van der Waals surface area contributed by atoms with Gasteiger partial charge in [0.2, 0.25) is 0 Å². The van der Waals surface area contributed by atoms with E-state index in [1.807, 2.05) is 46.8 Å². The van der Waals surface area contributed by atoms with Crippen molar-refractivity contribution < 1.29 is 43.5 Å². The zero-order chi connectivity index (χ0) is 35.9. The summed E-state index contributed by atoms with van der Waals surface area (Å²) < 4.78 is 32.3. The number of carbonyl (C=O) groups is 2. The summed E-state index contributed by atoms with van der Waals surface area (Å²) in [5.74, 6) is -2.30. The van der Waals surface area contributed by atoms with Gasteiger partial charge in [-0.05, 0) is 75.5 Å². The maximum atomic E-state index is 14.2. The van der Waals surface area contributed by atoms with Gasteiger partial charge in [-0.15, -0.1) is 0 Å². The van der Waals surface area contributed by atoms with Crippen LogP contribution in [0.4, 0.5) is 0 Å². The fourth-order valence-corrected chi connectivity index (χ4v) is 8.16. The van der Waals surface area contributed by atoms with Gasteiger partial charge in [-0.25, -0.2) is 0 Å². The van der Waals surface area contributed by atoms with E-state index in [1.54, 1.807) is 19.1 Å². The van der Waals surface area contributed by atoms with Gasteiger partial charge in [-0.1, -0.05) is 71.4 Å². The summed E-state index contributed by atoms with van der Waals surface area (Å²) in [6.45, 7) is 18.2. The second kappa shape index (κ2) is 14.7. The van der Waals surface area contributed by atoms with E-state index in [2.05, 4.69) is 26.8 Å². The maximum absolute atomic E-state index is 14.2. The summed E-state index contributed by atoms with van der Waals surface area (Å²) in [4.78, 5) is 27.5. The van der Waals surface area contributed by atoms with Crippen LogP contribution in [0.3, 0.4) is 0 Å². The van der Waals surface area contributed by atoms with Crippen molar-refractivity contribution in [1.29, 1.82) is 0 Å². The Kier molecular flexibility index (Phi) is 11.4. The molecule has 0 saturated carbocycles. The number of aliphatic hydroxyl groups is 2. The van der Waals surface area contributed by atoms with Crippen molar-refractivity contribution in [1.82, 2.24) is 0 Å². The fraction of sp³-hybridized carbons (Fsp3) is 0.750. The Balaban J connectivity index is 1.57. The highest BCUT2D eigenvalue weighted by Crippen LogP contribution is 2.48. The molecule has 0 radical (unpaired) electrons. The van der Waals surface area contributed by atoms with Crippen molar-refractivity contribution in [3.05, 3.63) is 47.1 Å². The lowest BCUT2D eigenvalue weighted by Gasteiger charge is -2.51. The second-order valence-electron chi connectivity index (χ2n) is 16.2. The Morgan fingerprint density at radius 3 is 2.57 bits per heavy atom. The molecule has 49 heavy (non-hydrogen) atoms. The lowest BCUT2D eigenvalue weighted by atomic mass is 9.71. The van der Waals surface area contributed by atoms with E-state index in [-0.39, 0.29) is 30.7 Å². The third kappa shape index (κ3) is 7.52. The molecule has 5 aliphatic rings. The summed E-state index contributed by atoms with van der Waals surface area (Å²) >= 11 is 0. The molecule has 0 aromatic rings. The first-order valence-corrected chi connectivity index (χ1v) is 18.6. The van der Waals surface area contributed by atoms with Gasteiger partial charge < -0.3 is 33.9 Å². The Labute approximate surface area is 293 Å². The molecule has 5 rings (SSSR count). The van der Waals surface area contributed by atoms with E-state index < -0.39 is 53.1 Å². The number of aliphatic hydroxyl groups excluding tert-OH is 1. The summed E-state index contributed by atoms with van der Waals surface area (Å²) in [6, 6.07) is 0. The molecule has 9 nitrogen and oxygen atoms in total. The number of allylic oxidation sites excluding steroid dienone is 2. The zero-order valence-corrected chi connectivity index (χ0v) is 31.1. The molecule has 0 amide bonds. The minimum atomic E-state index is -1.80. The molecule has 274 valence electrons. The molecule has 9 heteroatoms. The highest BCUT2D eigenvalue weighted by molar-refractivity contribution is 5.78. The lowest BCUT2D eigenvalue weighted by Crippen LogP contribution is -2.58. The molecule has 2 N–H and O–H groups in total. The van der Waals surface area contributed by atoms with Crippen molar-refractivity contribution in [3.63, 3.8) is 0 Å². The zero-order valence-electron chi connectivity index (χ0n) is 31.1. The predicted octanol–water partition coefficient (Wildman–Crippen LogP) is 6.52. The van der Waals surface area contributed by atoms with Crippen LogP contribution in [0.1, 0.15) is 107 Å². The molecule has 3 fully saturated rings. The van der Waals surface area contributed by atoms with Crippen LogP contribution < -0.4 is 0 Å². The minimum Gasteiger partial charge on any atom is -0.462 e. The molecule has 0 aromatic carbocycles. The van der Waals surface area contributed by atoms with Crippen molar-refractivity contribution in [2.45, 2.75) is 155 Å². The molecule has 4 aliphatic heterocycles. The van der Waals surface area contributed by atoms with E-state index in [1.165, 1.54) is 0 Å². The second-order valence-corrected chi connectivity index (χ2v) is 16.2. The van der Waals surface area contributed by atoms with Crippen LogP contribution in [0, 0.1) is 29.1 Å². The first-order chi connectivity index (χ1) is 23.0. The molecule has 2 unspecified atom stereocenters. The monoisotopic (exact) mass is 684 g/mol. The van der Waals surface area contributed by atoms with Crippen molar-refractivity contribution >= 4 is 11.9 Å². The van der Waals surface area contributed by atoms with Gasteiger partial charge >= 0.3 is 11.9 Å². The standard InChI is InChI=1S/C40H60O9/c1-10-23(3)34-26(6)17-18-39(49-34)21-30-20-29(48-39)16-15-25(5)33(47-37(43)38(8,9)11-2)24(4)13-12-14-28-22-45-35-32(41)27(7)19-31(36(42)46-30)40(28,35)44/h12-15,19,23-24,26,29-35,41,44H,10-11,16-18,20-22H2,1-9H3/b13-12+,25-15+,28-14+/t23?,24-,26-,29+,30-,31-,32+,33-,34+,35+,39?,40+/m0/s1. The minimum absolute atomic E-state index is 0.0116. The highest BCUT2D eigenvalue weighted by atomic mass is 16.7. The van der Waals surface area contributed by atoms with Crippen LogP contribution in [-0.2, 0) is 33.3 Å². The first-order valence-electron chi connectivity index (χ1n) is 18.6. The molecule has 3 saturated heterocycles. The van der Waals surface area contributed by atoms with Gasteiger partial charge in [0.1, 0.15) is 35.9 Å². The lowest BCUT2D eigenvalue weighted by molar-refractivity contribution is -0.340. The number of fused-ring (bicyclic) bond motifs is 2. The van der Waals surface area contributed by atoms with Crippen LogP contribution in [0.2, 0.25) is 0 Å². The molecule has 0 aromatic heterocycles. The summed E-state index contributed by atoms with van der Waals surface area (Å²) in [5.41, 5.74) is -0.495. The smallest absolute Gasteiger partial charge is 0.316 e. The number of carbonyl (C=O) groups excluding carboxylic acids is 2. The fourth-order valence-electron chi connectivity index (χ4n) is 8.16. The quantitative estimate of drug-likeness (QED) is 0.246. The van der Waals surface area contributed by atoms with Crippen molar-refractivity contribution in [2.24, 2.45) is 29.1 Å². The van der Waals surface area contributed by atoms with E-state index >= 15 is 0 Å². The largest absolute Gasteiger partial charge is 0.462 e.